The van der Waals surface area contributed by atoms with E-state index in [1.54, 1.807) is 17.0 Å². The fourth-order valence-corrected chi connectivity index (χ4v) is 3.11. The highest BCUT2D eigenvalue weighted by molar-refractivity contribution is 5.89. The zero-order chi connectivity index (χ0) is 20.1. The van der Waals surface area contributed by atoms with Gasteiger partial charge in [-0.3, -0.25) is 0 Å². The zero-order valence-electron chi connectivity index (χ0n) is 15.9. The maximum atomic E-state index is 13.2. The SMILES string of the molecule is Cc1cc(C)c(O)c(CN(Cc2ccc(F)cc2)C(=O)Nc2ccccc2)c1. The maximum Gasteiger partial charge on any atom is 0.322 e. The fourth-order valence-electron chi connectivity index (χ4n) is 3.11. The van der Waals surface area contributed by atoms with Crippen molar-refractivity contribution in [1.29, 1.82) is 0 Å². The van der Waals surface area contributed by atoms with Crippen LogP contribution in [0, 0.1) is 19.7 Å². The molecule has 3 aromatic carbocycles. The summed E-state index contributed by atoms with van der Waals surface area (Å²) in [5.41, 5.74) is 3.92. The standard InChI is InChI=1S/C23H23FN2O2/c1-16-12-17(2)22(27)19(13-16)15-26(14-18-8-10-20(24)11-9-18)23(28)25-21-6-4-3-5-7-21/h3-13,27H,14-15H2,1-2H3,(H,25,28). The van der Waals surface area contributed by atoms with Crippen LogP contribution >= 0.6 is 0 Å². The average molecular weight is 378 g/mol. The number of hydrogen-bond acceptors (Lipinski definition) is 2. The summed E-state index contributed by atoms with van der Waals surface area (Å²) >= 11 is 0. The lowest BCUT2D eigenvalue weighted by atomic mass is 10.0. The molecule has 0 atom stereocenters. The number of carbonyl (C=O) groups excluding carboxylic acids is 1. The van der Waals surface area contributed by atoms with Gasteiger partial charge in [0.25, 0.3) is 0 Å². The number of rotatable bonds is 5. The van der Waals surface area contributed by atoms with E-state index >= 15 is 0 Å². The van der Waals surface area contributed by atoms with E-state index in [0.29, 0.717) is 11.3 Å². The third kappa shape index (κ3) is 4.88. The molecule has 0 spiro atoms. The Morgan fingerprint density at radius 1 is 1.00 bits per heavy atom. The first-order valence-corrected chi connectivity index (χ1v) is 9.07. The monoisotopic (exact) mass is 378 g/mol. The van der Waals surface area contributed by atoms with Gasteiger partial charge in [-0.2, -0.15) is 0 Å². The minimum Gasteiger partial charge on any atom is -0.507 e. The second-order valence-corrected chi connectivity index (χ2v) is 6.87. The molecule has 144 valence electrons. The molecule has 0 aliphatic rings. The molecule has 5 heteroatoms. The summed E-state index contributed by atoms with van der Waals surface area (Å²) in [5, 5.41) is 13.3. The molecule has 4 nitrogen and oxygen atoms in total. The number of phenolic OH excluding ortho intramolecular Hbond substituents is 1. The molecule has 0 bridgehead atoms. The van der Waals surface area contributed by atoms with Crippen LogP contribution in [0.5, 0.6) is 5.75 Å². The molecule has 0 saturated carbocycles. The number of benzene rings is 3. The zero-order valence-corrected chi connectivity index (χ0v) is 15.9. The number of nitrogens with one attached hydrogen (secondary N) is 1. The maximum absolute atomic E-state index is 13.2. The molecule has 0 saturated heterocycles. The number of carbonyl (C=O) groups is 1. The van der Waals surface area contributed by atoms with Crippen LogP contribution in [0.25, 0.3) is 0 Å². The van der Waals surface area contributed by atoms with Gasteiger partial charge in [0.2, 0.25) is 0 Å². The Morgan fingerprint density at radius 3 is 2.36 bits per heavy atom. The molecule has 3 rings (SSSR count). The molecule has 3 aromatic rings. The Balaban J connectivity index is 1.87. The van der Waals surface area contributed by atoms with Gasteiger partial charge in [-0.05, 0) is 49.2 Å². The lowest BCUT2D eigenvalue weighted by molar-refractivity contribution is 0.206. The molecule has 0 aliphatic carbocycles. The van der Waals surface area contributed by atoms with Gasteiger partial charge in [-0.25, -0.2) is 9.18 Å². The van der Waals surface area contributed by atoms with Gasteiger partial charge in [0.05, 0.1) is 6.54 Å². The van der Waals surface area contributed by atoms with Gasteiger partial charge < -0.3 is 15.3 Å². The first-order valence-electron chi connectivity index (χ1n) is 9.07. The predicted octanol–water partition coefficient (Wildman–Crippen LogP) is 5.38. The smallest absolute Gasteiger partial charge is 0.322 e. The van der Waals surface area contributed by atoms with Crippen molar-refractivity contribution in [1.82, 2.24) is 4.90 Å². The van der Waals surface area contributed by atoms with Crippen LogP contribution in [0.2, 0.25) is 0 Å². The van der Waals surface area contributed by atoms with Crippen molar-refractivity contribution in [2.45, 2.75) is 26.9 Å². The molecule has 0 aromatic heterocycles. The minimum atomic E-state index is -0.323. The van der Waals surface area contributed by atoms with E-state index in [1.807, 2.05) is 56.3 Å². The molecule has 0 fully saturated rings. The van der Waals surface area contributed by atoms with E-state index in [1.165, 1.54) is 12.1 Å². The van der Waals surface area contributed by atoms with Crippen LogP contribution in [-0.4, -0.2) is 16.0 Å². The number of para-hydroxylation sites is 1. The van der Waals surface area contributed by atoms with Gasteiger partial charge in [0.15, 0.2) is 0 Å². The highest BCUT2D eigenvalue weighted by Crippen LogP contribution is 2.26. The Bertz CT molecular complexity index is 956. The lowest BCUT2D eigenvalue weighted by Crippen LogP contribution is -2.34. The van der Waals surface area contributed by atoms with Gasteiger partial charge in [-0.1, -0.05) is 48.0 Å². The van der Waals surface area contributed by atoms with Gasteiger partial charge >= 0.3 is 6.03 Å². The van der Waals surface area contributed by atoms with E-state index < -0.39 is 0 Å². The van der Waals surface area contributed by atoms with Crippen molar-refractivity contribution in [2.75, 3.05) is 5.32 Å². The van der Waals surface area contributed by atoms with Gasteiger partial charge in [0, 0.05) is 17.8 Å². The third-order valence-electron chi connectivity index (χ3n) is 4.48. The normalized spacial score (nSPS) is 10.5. The number of anilines is 1. The summed E-state index contributed by atoms with van der Waals surface area (Å²) in [7, 11) is 0. The van der Waals surface area contributed by atoms with E-state index in [2.05, 4.69) is 5.32 Å². The van der Waals surface area contributed by atoms with E-state index in [9.17, 15) is 14.3 Å². The summed E-state index contributed by atoms with van der Waals surface area (Å²) in [4.78, 5) is 14.5. The number of nitrogens with zero attached hydrogens (tertiary/aromatic N) is 1. The van der Waals surface area contributed by atoms with Crippen LogP contribution < -0.4 is 5.32 Å². The summed E-state index contributed by atoms with van der Waals surface area (Å²) in [5.74, 6) is -0.141. The van der Waals surface area contributed by atoms with Gasteiger partial charge in [-0.15, -0.1) is 0 Å². The van der Waals surface area contributed by atoms with Crippen molar-refractivity contribution >= 4 is 11.7 Å². The van der Waals surface area contributed by atoms with Crippen LogP contribution in [0.1, 0.15) is 22.3 Å². The summed E-state index contributed by atoms with van der Waals surface area (Å²) in [6, 6.07) is 18.7. The van der Waals surface area contributed by atoms with Crippen molar-refractivity contribution in [3.05, 3.63) is 94.8 Å². The Labute approximate surface area is 164 Å². The fraction of sp³-hybridized carbons (Fsp3) is 0.174. The Hall–Kier alpha value is -3.34. The summed E-state index contributed by atoms with van der Waals surface area (Å²) in [6.07, 6.45) is 0. The Kier molecular flexibility index (Phi) is 5.94. The van der Waals surface area contributed by atoms with Crippen LogP contribution in [0.4, 0.5) is 14.9 Å². The summed E-state index contributed by atoms with van der Waals surface area (Å²) in [6.45, 7) is 4.29. The predicted molar refractivity (Wildman–Crippen MR) is 109 cm³/mol. The van der Waals surface area contributed by atoms with Crippen LogP contribution in [0.3, 0.4) is 0 Å². The molecular weight excluding hydrogens is 355 g/mol. The largest absolute Gasteiger partial charge is 0.507 e. The number of halogens is 1. The second kappa shape index (κ2) is 8.57. The Morgan fingerprint density at radius 2 is 1.68 bits per heavy atom. The quantitative estimate of drug-likeness (QED) is 0.626. The van der Waals surface area contributed by atoms with Crippen LogP contribution in [0.15, 0.2) is 66.7 Å². The van der Waals surface area contributed by atoms with Crippen molar-refractivity contribution in [2.24, 2.45) is 0 Å². The average Bonchev–Trinajstić information content (AvgIpc) is 2.67. The number of phenols is 1. The lowest BCUT2D eigenvalue weighted by Gasteiger charge is -2.24. The number of hydrogen-bond donors (Lipinski definition) is 2. The molecule has 2 amide bonds. The van der Waals surface area contributed by atoms with Crippen molar-refractivity contribution < 1.29 is 14.3 Å². The third-order valence-corrected chi connectivity index (χ3v) is 4.48. The number of urea groups is 1. The molecule has 0 unspecified atom stereocenters. The van der Waals surface area contributed by atoms with E-state index in [-0.39, 0.29) is 30.7 Å². The van der Waals surface area contributed by atoms with E-state index in [4.69, 9.17) is 0 Å². The molecule has 0 aliphatic heterocycles. The highest BCUT2D eigenvalue weighted by Gasteiger charge is 2.18. The number of amides is 2. The second-order valence-electron chi connectivity index (χ2n) is 6.87. The number of aryl methyl sites for hydroxylation is 2. The van der Waals surface area contributed by atoms with Gasteiger partial charge in [0.1, 0.15) is 11.6 Å². The first-order chi connectivity index (χ1) is 13.4. The first kappa shape index (κ1) is 19.4. The summed E-state index contributed by atoms with van der Waals surface area (Å²) < 4.78 is 13.2. The highest BCUT2D eigenvalue weighted by atomic mass is 19.1. The molecule has 28 heavy (non-hydrogen) atoms. The number of aromatic hydroxyl groups is 1. The molecular formula is C23H23FN2O2. The molecule has 0 radical (unpaired) electrons. The topological polar surface area (TPSA) is 52.6 Å². The van der Waals surface area contributed by atoms with E-state index in [0.717, 1.165) is 16.7 Å². The van der Waals surface area contributed by atoms with Crippen LogP contribution in [-0.2, 0) is 13.1 Å². The van der Waals surface area contributed by atoms with Crippen molar-refractivity contribution in [3.8, 4) is 5.75 Å². The van der Waals surface area contributed by atoms with Crippen molar-refractivity contribution in [3.63, 3.8) is 0 Å². The minimum absolute atomic E-state index is 0.183. The molecule has 2 N–H and O–H groups in total. The molecule has 0 heterocycles.